The Hall–Kier alpha value is -12.0. The molecular weight excluding hydrogens is 1710 g/mol. The standard InChI is InChI=1S/C24H34N4O3.C20H27ClN4O3.C20H23N5O.C20H28N4O.C18H21N5O/c1-14(2)22-25-21(20-16(4)27-31-17(20)5)15(3)23(26-22)28-9-7-24(8-10-28)12-18(13-24)11-19(29)30-6;1-11(2)19-22-15(10-14-6-8-25(9-7-14)20(26)27-5)17(21)18(23-19)16-12(3)24-28-13(16)4;1-11(2)19-22-18(17-13(4)24-26-14(17)5)12(3)20(23-19)25-9-15-6-7-21-8-16(15)10-25;1-11(2)19-21-18(17-13(4)23-25-14(17)5)12(3)20(22-19)24-9-15-7-6-8-16(15)10-24;1-10(2)18-21-15(17-12(4)23-24-13(17)5)8-16(22-18)20-14-7-6-11(3)19-9-14/h14,18H,7-13H2,1-6H3;11,14H,6-10H2,1-5H3;6-8,11H,9-10H2,1-5H3;11,15-16H,6-10H2,1-5H3;6-10H,1-5H3,(H,20,21,22)/t;;;15-,16+;. The number of aromatic nitrogens is 17. The Balaban J connectivity index is 0.000000135. The first kappa shape index (κ1) is 98.0. The average molecular weight is 1850 g/mol. The van der Waals surface area contributed by atoms with Crippen LogP contribution in [0.15, 0.2) is 65.5 Å². The van der Waals surface area contributed by atoms with Gasteiger partial charge in [0, 0.05) is 129 Å². The highest BCUT2D eigenvalue weighted by Gasteiger charge is 2.47. The molecule has 0 bridgehead atoms. The molecule has 32 heteroatoms. The summed E-state index contributed by atoms with van der Waals surface area (Å²) in [6.45, 7) is 56.0. The molecule has 12 aromatic heterocycles. The molecule has 31 nitrogen and oxygen atoms in total. The summed E-state index contributed by atoms with van der Waals surface area (Å²) in [4.78, 5) is 89.1. The van der Waals surface area contributed by atoms with E-state index in [1.54, 1.807) is 11.1 Å². The molecule has 3 saturated heterocycles. The number of piperidine rings is 2. The minimum Gasteiger partial charge on any atom is -0.469 e. The van der Waals surface area contributed by atoms with Crippen LogP contribution in [0, 0.1) is 126 Å². The number of carbonyl (C=O) groups is 2. The molecule has 712 valence electrons. The Labute approximate surface area is 792 Å². The minimum atomic E-state index is -0.263. The van der Waals surface area contributed by atoms with Gasteiger partial charge in [-0.25, -0.2) is 54.6 Å². The van der Waals surface area contributed by atoms with Crippen molar-refractivity contribution >= 4 is 52.6 Å². The van der Waals surface area contributed by atoms with Gasteiger partial charge in [0.05, 0.1) is 122 Å². The maximum Gasteiger partial charge on any atom is 0.409 e. The quantitative estimate of drug-likeness (QED) is 0.0735. The molecule has 5 fully saturated rings. The predicted octanol–water partition coefficient (Wildman–Crippen LogP) is 22.1. The number of pyridine rings is 2. The molecule has 2 aliphatic carbocycles. The van der Waals surface area contributed by atoms with Gasteiger partial charge in [-0.15, -0.1) is 0 Å². The van der Waals surface area contributed by atoms with E-state index in [2.05, 4.69) is 162 Å². The summed E-state index contributed by atoms with van der Waals surface area (Å²) in [7, 11) is 2.89. The number of anilines is 5. The van der Waals surface area contributed by atoms with Crippen LogP contribution in [-0.4, -0.2) is 156 Å². The zero-order valence-corrected chi connectivity index (χ0v) is 83.9. The lowest BCUT2D eigenvalue weighted by Crippen LogP contribution is -2.48. The highest BCUT2D eigenvalue weighted by atomic mass is 35.5. The minimum absolute atomic E-state index is 0.0815. The number of fused-ring (bicyclic) bond motifs is 2. The second-order valence-electron chi connectivity index (χ2n) is 38.9. The Morgan fingerprint density at radius 1 is 0.470 bits per heavy atom. The van der Waals surface area contributed by atoms with Crippen molar-refractivity contribution in [1.82, 2.24) is 90.5 Å². The molecule has 1 amide bonds. The molecule has 6 aliphatic rings. The van der Waals surface area contributed by atoms with Crippen molar-refractivity contribution < 1.29 is 41.7 Å². The Morgan fingerprint density at radius 3 is 1.34 bits per heavy atom. The summed E-state index contributed by atoms with van der Waals surface area (Å²) in [6.07, 6.45) is 17.2. The molecule has 18 rings (SSSR count). The number of likely N-dealkylation sites (tertiary alicyclic amines) is 1. The number of rotatable bonds is 19. The Bertz CT molecular complexity index is 6030. The third kappa shape index (κ3) is 21.7. The predicted molar refractivity (Wildman–Crippen MR) is 518 cm³/mol. The molecule has 1 N–H and O–H groups in total. The van der Waals surface area contributed by atoms with Gasteiger partial charge >= 0.3 is 12.1 Å². The lowest BCUT2D eigenvalue weighted by atomic mass is 9.57. The lowest BCUT2D eigenvalue weighted by Gasteiger charge is -2.52. The zero-order chi connectivity index (χ0) is 96.2. The van der Waals surface area contributed by atoms with E-state index < -0.39 is 0 Å². The van der Waals surface area contributed by atoms with Gasteiger partial charge < -0.3 is 57.0 Å². The van der Waals surface area contributed by atoms with Gasteiger partial charge in [-0.2, -0.15) is 0 Å². The fourth-order valence-corrected chi connectivity index (χ4v) is 19.8. The topological polar surface area (TPSA) is 362 Å². The molecule has 2 atom stereocenters. The number of nitrogens with zero attached hydrogens (tertiary/aromatic N) is 21. The number of methoxy groups -OCH3 is 2. The van der Waals surface area contributed by atoms with E-state index in [1.807, 2.05) is 107 Å². The average Bonchev–Trinajstić information content (AvgIpc) is 1.75. The molecule has 12 aromatic rings. The normalized spacial score (nSPS) is 16.4. The van der Waals surface area contributed by atoms with E-state index in [-0.39, 0.29) is 35.7 Å². The number of carbonyl (C=O) groups excluding carboxylic acids is 2. The number of esters is 1. The second-order valence-corrected chi connectivity index (χ2v) is 39.3. The maximum atomic E-state index is 11.7. The van der Waals surface area contributed by atoms with Crippen LogP contribution in [0.5, 0.6) is 0 Å². The summed E-state index contributed by atoms with van der Waals surface area (Å²) in [5, 5.41) is 24.3. The van der Waals surface area contributed by atoms with E-state index in [9.17, 15) is 9.59 Å². The molecule has 1 spiro atoms. The van der Waals surface area contributed by atoms with Gasteiger partial charge in [-0.1, -0.05) is 113 Å². The Kier molecular flexibility index (Phi) is 30.6. The highest BCUT2D eigenvalue weighted by Crippen LogP contribution is 2.55. The number of nitrogens with one attached hydrogen (secondary N) is 1. The largest absolute Gasteiger partial charge is 0.469 e. The van der Waals surface area contributed by atoms with Crippen molar-refractivity contribution in [1.29, 1.82) is 0 Å². The molecule has 0 radical (unpaired) electrons. The molecule has 2 saturated carbocycles. The van der Waals surface area contributed by atoms with Crippen LogP contribution in [0.3, 0.4) is 0 Å². The van der Waals surface area contributed by atoms with E-state index in [4.69, 9.17) is 83.6 Å². The van der Waals surface area contributed by atoms with E-state index >= 15 is 0 Å². The zero-order valence-electron chi connectivity index (χ0n) is 83.1. The van der Waals surface area contributed by atoms with Crippen LogP contribution in [-0.2, 0) is 33.8 Å². The van der Waals surface area contributed by atoms with Gasteiger partial charge in [0.15, 0.2) is 0 Å². The first-order valence-corrected chi connectivity index (χ1v) is 47.8. The van der Waals surface area contributed by atoms with E-state index in [0.717, 1.165) is 284 Å². The lowest BCUT2D eigenvalue weighted by molar-refractivity contribution is -0.144. The first-order valence-electron chi connectivity index (χ1n) is 47.4. The number of ether oxygens (including phenoxy) is 2. The number of hydrogen-bond acceptors (Lipinski definition) is 30. The van der Waals surface area contributed by atoms with Crippen molar-refractivity contribution in [3.8, 4) is 56.3 Å². The van der Waals surface area contributed by atoms with Gasteiger partial charge in [-0.05, 0) is 213 Å². The second kappa shape index (κ2) is 41.9. The van der Waals surface area contributed by atoms with Gasteiger partial charge in [0.2, 0.25) is 0 Å². The maximum absolute atomic E-state index is 11.7. The SMILES string of the molecule is COC(=O)CC1CC2(CCN(c3nc(C(C)C)nc(-c4c(C)noc4C)c3C)CC2)C1.COC(=O)N1CCC(Cc2nc(C(C)C)nc(-c3c(C)noc3C)c2Cl)CC1.Cc1ccc(Nc2cc(-c3c(C)noc3C)nc(C(C)C)n2)cn1.Cc1noc(C)c1-c1nc(C(C)C)nc(N2C[C@H]3CCC[C@H]3C2)c1C.Cc1noc(C)c1-c1nc(C(C)C)nc(N2Cc3ccncc3C2)c1C. The number of amides is 1. The van der Waals surface area contributed by atoms with Crippen molar-refractivity contribution in [2.75, 3.05) is 73.5 Å². The number of aryl methyl sites for hydroxylation is 11. The van der Waals surface area contributed by atoms with Gasteiger partial charge in [0.1, 0.15) is 81.2 Å². The van der Waals surface area contributed by atoms with Crippen molar-refractivity contribution in [3.63, 3.8) is 0 Å². The molecule has 4 aliphatic heterocycles. The Morgan fingerprint density at radius 2 is 0.903 bits per heavy atom. The molecule has 0 aromatic carbocycles. The van der Waals surface area contributed by atoms with Gasteiger partial charge in [-0.3, -0.25) is 14.8 Å². The third-order valence-corrected chi connectivity index (χ3v) is 27.5. The van der Waals surface area contributed by atoms with Crippen LogP contribution in [0.1, 0.15) is 289 Å². The monoisotopic (exact) mass is 1850 g/mol. The summed E-state index contributed by atoms with van der Waals surface area (Å²) in [5.41, 5.74) is 22.3. The van der Waals surface area contributed by atoms with Crippen LogP contribution in [0.4, 0.5) is 33.8 Å². The number of hydrogen-bond donors (Lipinski definition) is 1. The van der Waals surface area contributed by atoms with Crippen molar-refractivity contribution in [2.45, 2.75) is 279 Å². The summed E-state index contributed by atoms with van der Waals surface area (Å²) >= 11 is 6.76. The fourth-order valence-electron chi connectivity index (χ4n) is 19.5. The molecule has 16 heterocycles. The van der Waals surface area contributed by atoms with E-state index in [1.165, 1.54) is 44.6 Å². The summed E-state index contributed by atoms with van der Waals surface area (Å²) in [5.74, 6) is 15.5. The first-order chi connectivity index (χ1) is 63.9. The fraction of sp³-hybridized carbons (Fsp3) is 0.539. The molecule has 134 heavy (non-hydrogen) atoms. The van der Waals surface area contributed by atoms with E-state index in [0.29, 0.717) is 59.2 Å². The van der Waals surface area contributed by atoms with Crippen LogP contribution >= 0.6 is 11.6 Å². The van der Waals surface area contributed by atoms with Crippen LogP contribution < -0.4 is 20.0 Å². The molecular formula is C102H133ClN22O9. The van der Waals surface area contributed by atoms with Crippen LogP contribution in [0.2, 0.25) is 5.02 Å². The summed E-state index contributed by atoms with van der Waals surface area (Å²) in [6, 6.07) is 7.94. The van der Waals surface area contributed by atoms with Crippen molar-refractivity contribution in [2.24, 2.45) is 29.1 Å². The number of halogens is 1. The molecule has 0 unspecified atom stereocenters. The van der Waals surface area contributed by atoms with Gasteiger partial charge in [0.25, 0.3) is 0 Å². The van der Waals surface area contributed by atoms with Crippen molar-refractivity contribution in [3.05, 3.63) is 173 Å². The van der Waals surface area contributed by atoms with Crippen LogP contribution in [0.25, 0.3) is 56.3 Å². The summed E-state index contributed by atoms with van der Waals surface area (Å²) < 4.78 is 36.5. The smallest absolute Gasteiger partial charge is 0.409 e. The third-order valence-electron chi connectivity index (χ3n) is 27.1. The highest BCUT2D eigenvalue weighted by molar-refractivity contribution is 6.33.